The number of furan rings is 1. The second-order valence-electron chi connectivity index (χ2n) is 5.40. The normalized spacial score (nSPS) is 11.0. The van der Waals surface area contributed by atoms with Gasteiger partial charge in [0.05, 0.1) is 23.7 Å². The van der Waals surface area contributed by atoms with Gasteiger partial charge in [-0.15, -0.1) is 0 Å². The molecule has 24 heavy (non-hydrogen) atoms. The Labute approximate surface area is 143 Å². The Hall–Kier alpha value is -2.60. The minimum Gasteiger partial charge on any atom is -0.467 e. The van der Waals surface area contributed by atoms with Crippen molar-refractivity contribution in [1.29, 1.82) is 0 Å². The summed E-state index contributed by atoms with van der Waals surface area (Å²) in [5.74, 6) is 0.172. The summed E-state index contributed by atoms with van der Waals surface area (Å²) in [6.07, 6.45) is 1.54. The monoisotopic (exact) mass is 345 g/mol. The van der Waals surface area contributed by atoms with Crippen LogP contribution in [0, 0.1) is 0 Å². The molecule has 0 aliphatic heterocycles. The molecule has 0 aliphatic carbocycles. The molecule has 3 rings (SSSR count). The van der Waals surface area contributed by atoms with Gasteiger partial charge in [-0.1, -0.05) is 11.6 Å². The van der Waals surface area contributed by atoms with Gasteiger partial charge in [-0.2, -0.15) is 5.10 Å². The molecule has 1 amide bonds. The number of aryl methyl sites for hydroxylation is 1. The van der Waals surface area contributed by atoms with E-state index in [2.05, 4.69) is 5.10 Å². The van der Waals surface area contributed by atoms with E-state index >= 15 is 0 Å². The highest BCUT2D eigenvalue weighted by Crippen LogP contribution is 2.17. The van der Waals surface area contributed by atoms with Crippen LogP contribution in [0.25, 0.3) is 10.9 Å². The van der Waals surface area contributed by atoms with Gasteiger partial charge in [-0.3, -0.25) is 14.3 Å². The van der Waals surface area contributed by atoms with E-state index in [-0.39, 0.29) is 12.2 Å². The van der Waals surface area contributed by atoms with E-state index in [1.165, 1.54) is 11.2 Å². The summed E-state index contributed by atoms with van der Waals surface area (Å²) >= 11 is 6.00. The molecule has 6 nitrogen and oxygen atoms in total. The summed E-state index contributed by atoms with van der Waals surface area (Å²) < 4.78 is 6.86. The Balaban J connectivity index is 2.06. The predicted octanol–water partition coefficient (Wildman–Crippen LogP) is 2.94. The van der Waals surface area contributed by atoms with Crippen LogP contribution in [0.2, 0.25) is 5.02 Å². The van der Waals surface area contributed by atoms with Crippen molar-refractivity contribution in [2.75, 3.05) is 7.05 Å². The third-order valence-electron chi connectivity index (χ3n) is 3.74. The largest absolute Gasteiger partial charge is 0.467 e. The van der Waals surface area contributed by atoms with Gasteiger partial charge in [0, 0.05) is 18.6 Å². The Kier molecular flexibility index (Phi) is 4.40. The third kappa shape index (κ3) is 2.92. The Bertz CT molecular complexity index is 948. The number of amides is 1. The topological polar surface area (TPSA) is 68.3 Å². The smallest absolute Gasteiger partial charge is 0.278 e. The number of carbonyl (C=O) groups is 1. The molecule has 1 aromatic carbocycles. The van der Waals surface area contributed by atoms with Gasteiger partial charge in [0.15, 0.2) is 5.69 Å². The molecule has 0 saturated heterocycles. The number of carbonyl (C=O) groups excluding carboxylic acids is 1. The first kappa shape index (κ1) is 16.3. The molecule has 0 N–H and O–H groups in total. The molecule has 0 fully saturated rings. The maximum atomic E-state index is 12.7. The van der Waals surface area contributed by atoms with E-state index in [4.69, 9.17) is 16.0 Å². The molecular formula is C17H16ClN3O3. The SMILES string of the molecule is CCn1nc(C(=O)N(C)Cc2ccco2)c(=O)c2cc(Cl)ccc21. The van der Waals surface area contributed by atoms with Crippen molar-refractivity contribution in [3.8, 4) is 0 Å². The van der Waals surface area contributed by atoms with Crippen LogP contribution in [0.15, 0.2) is 45.8 Å². The van der Waals surface area contributed by atoms with Crippen LogP contribution in [-0.2, 0) is 13.1 Å². The molecule has 2 heterocycles. The van der Waals surface area contributed by atoms with E-state index in [1.807, 2.05) is 6.92 Å². The highest BCUT2D eigenvalue weighted by molar-refractivity contribution is 6.31. The van der Waals surface area contributed by atoms with Gasteiger partial charge in [-0.25, -0.2) is 0 Å². The molecule has 0 spiro atoms. The molecule has 2 aromatic heterocycles. The van der Waals surface area contributed by atoms with Crippen molar-refractivity contribution in [3.05, 3.63) is 63.3 Å². The van der Waals surface area contributed by atoms with Gasteiger partial charge >= 0.3 is 0 Å². The zero-order chi connectivity index (χ0) is 17.3. The minimum atomic E-state index is -0.458. The molecule has 0 atom stereocenters. The van der Waals surface area contributed by atoms with Gasteiger partial charge in [-0.05, 0) is 37.3 Å². The predicted molar refractivity (Wildman–Crippen MR) is 91.2 cm³/mol. The zero-order valence-electron chi connectivity index (χ0n) is 13.3. The summed E-state index contributed by atoms with van der Waals surface area (Å²) in [4.78, 5) is 26.8. The van der Waals surface area contributed by atoms with Crippen molar-refractivity contribution in [3.63, 3.8) is 0 Å². The highest BCUT2D eigenvalue weighted by atomic mass is 35.5. The number of rotatable bonds is 4. The van der Waals surface area contributed by atoms with Crippen LogP contribution < -0.4 is 5.43 Å². The summed E-state index contributed by atoms with van der Waals surface area (Å²) in [6, 6.07) is 8.50. The molecule has 3 aromatic rings. The van der Waals surface area contributed by atoms with Crippen molar-refractivity contribution in [1.82, 2.24) is 14.7 Å². The summed E-state index contributed by atoms with van der Waals surface area (Å²) in [5.41, 5.74) is 0.103. The maximum Gasteiger partial charge on any atom is 0.278 e. The fraction of sp³-hybridized carbons (Fsp3) is 0.235. The summed E-state index contributed by atoms with van der Waals surface area (Å²) in [5, 5.41) is 5.06. The van der Waals surface area contributed by atoms with Gasteiger partial charge in [0.1, 0.15) is 5.76 Å². The van der Waals surface area contributed by atoms with Gasteiger partial charge in [0.2, 0.25) is 5.43 Å². The van der Waals surface area contributed by atoms with Crippen molar-refractivity contribution < 1.29 is 9.21 Å². The molecular weight excluding hydrogens is 330 g/mol. The van der Waals surface area contributed by atoms with Gasteiger partial charge < -0.3 is 9.32 Å². The fourth-order valence-corrected chi connectivity index (χ4v) is 2.70. The molecule has 0 saturated carbocycles. The van der Waals surface area contributed by atoms with Crippen LogP contribution in [-0.4, -0.2) is 27.6 Å². The molecule has 124 valence electrons. The molecule has 0 aliphatic rings. The van der Waals surface area contributed by atoms with Crippen molar-refractivity contribution >= 4 is 28.4 Å². The molecule has 0 bridgehead atoms. The Morgan fingerprint density at radius 1 is 1.38 bits per heavy atom. The van der Waals surface area contributed by atoms with Crippen LogP contribution in [0.1, 0.15) is 23.2 Å². The Morgan fingerprint density at radius 3 is 2.83 bits per heavy atom. The molecule has 0 unspecified atom stereocenters. The second-order valence-corrected chi connectivity index (χ2v) is 5.83. The first-order valence-corrected chi connectivity index (χ1v) is 7.87. The zero-order valence-corrected chi connectivity index (χ0v) is 14.1. The van der Waals surface area contributed by atoms with E-state index in [1.54, 1.807) is 42.1 Å². The van der Waals surface area contributed by atoms with E-state index in [9.17, 15) is 9.59 Å². The second kappa shape index (κ2) is 6.49. The number of fused-ring (bicyclic) bond motifs is 1. The van der Waals surface area contributed by atoms with E-state index < -0.39 is 11.3 Å². The standard InChI is InChI=1S/C17H16ClN3O3/c1-3-21-14-7-6-11(18)9-13(14)16(22)15(19-21)17(23)20(2)10-12-5-4-8-24-12/h4-9H,3,10H2,1-2H3. The van der Waals surface area contributed by atoms with Crippen molar-refractivity contribution in [2.24, 2.45) is 0 Å². The number of benzene rings is 1. The van der Waals surface area contributed by atoms with Gasteiger partial charge in [0.25, 0.3) is 5.91 Å². The number of aromatic nitrogens is 2. The van der Waals surface area contributed by atoms with E-state index in [0.29, 0.717) is 28.2 Å². The number of hydrogen-bond donors (Lipinski definition) is 0. The maximum absolute atomic E-state index is 12.7. The first-order valence-electron chi connectivity index (χ1n) is 7.49. The number of hydrogen-bond acceptors (Lipinski definition) is 4. The fourth-order valence-electron chi connectivity index (χ4n) is 2.53. The third-order valence-corrected chi connectivity index (χ3v) is 3.97. The lowest BCUT2D eigenvalue weighted by Gasteiger charge is -2.16. The summed E-state index contributed by atoms with van der Waals surface area (Å²) in [6.45, 7) is 2.68. The quantitative estimate of drug-likeness (QED) is 0.729. The van der Waals surface area contributed by atoms with Crippen LogP contribution >= 0.6 is 11.6 Å². The van der Waals surface area contributed by atoms with E-state index in [0.717, 1.165) is 0 Å². The molecule has 0 radical (unpaired) electrons. The van der Waals surface area contributed by atoms with Crippen LogP contribution in [0.3, 0.4) is 0 Å². The minimum absolute atomic E-state index is 0.124. The average molecular weight is 346 g/mol. The van der Waals surface area contributed by atoms with Crippen molar-refractivity contribution in [2.45, 2.75) is 20.0 Å². The lowest BCUT2D eigenvalue weighted by Crippen LogP contribution is -2.33. The average Bonchev–Trinajstić information content (AvgIpc) is 3.08. The molecule has 7 heteroatoms. The number of nitrogens with zero attached hydrogens (tertiary/aromatic N) is 3. The van der Waals surface area contributed by atoms with Crippen LogP contribution in [0.5, 0.6) is 0 Å². The lowest BCUT2D eigenvalue weighted by atomic mass is 10.2. The number of halogens is 1. The summed E-state index contributed by atoms with van der Waals surface area (Å²) in [7, 11) is 1.60. The lowest BCUT2D eigenvalue weighted by molar-refractivity contribution is 0.0766. The Morgan fingerprint density at radius 2 is 2.17 bits per heavy atom. The van der Waals surface area contributed by atoms with Crippen LogP contribution in [0.4, 0.5) is 0 Å². The first-order chi connectivity index (χ1) is 11.5. The highest BCUT2D eigenvalue weighted by Gasteiger charge is 2.21.